The first-order valence-corrected chi connectivity index (χ1v) is 15.8. The Labute approximate surface area is 234 Å². The van der Waals surface area contributed by atoms with Crippen LogP contribution in [0.1, 0.15) is 146 Å². The minimum absolute atomic E-state index is 0.121. The van der Waals surface area contributed by atoms with E-state index in [0.717, 1.165) is 12.8 Å². The molecule has 0 radical (unpaired) electrons. The van der Waals surface area contributed by atoms with Gasteiger partial charge in [-0.3, -0.25) is 0 Å². The molecular weight excluding hydrogens is 466 g/mol. The monoisotopic (exact) mass is 519 g/mol. The van der Waals surface area contributed by atoms with Crippen molar-refractivity contribution in [3.63, 3.8) is 0 Å². The smallest absolute Gasteiger partial charge is 0.338 e. The Kier molecular flexibility index (Phi) is 18.1. The van der Waals surface area contributed by atoms with Crippen LogP contribution in [-0.4, -0.2) is 12.1 Å². The van der Waals surface area contributed by atoms with Crippen molar-refractivity contribution in [2.24, 2.45) is 5.92 Å². The molecule has 0 spiro atoms. The standard InChI is InChI=1S/C35H53NO2/c1-3-4-5-6-7-8-9-10-11-12-13-14-15-16-17-18-19-20-21-26-34(31-24-22-23-25-31)38-35(37)32-27-29-33(36-2)30-28-32/h22-25,27-31,34H,3-21,26H2,1H3/t34-/m1/s1. The van der Waals surface area contributed by atoms with E-state index in [0.29, 0.717) is 11.3 Å². The molecule has 2 rings (SSSR count). The number of allylic oxidation sites excluding steroid dienone is 2. The predicted octanol–water partition coefficient (Wildman–Crippen LogP) is 11.3. The SMILES string of the molecule is [C-]#[N+]c1ccc(C(=O)O[C@H](CCCCCCCCCCCCCCCCCCCCC)C2C=CC=C2)cc1. The van der Waals surface area contributed by atoms with E-state index in [2.05, 4.69) is 23.9 Å². The Morgan fingerprint density at radius 3 is 1.55 bits per heavy atom. The third-order valence-corrected chi connectivity index (χ3v) is 7.79. The summed E-state index contributed by atoms with van der Waals surface area (Å²) in [4.78, 5) is 16.1. The van der Waals surface area contributed by atoms with Crippen LogP contribution >= 0.6 is 0 Å². The van der Waals surface area contributed by atoms with Crippen LogP contribution in [0.5, 0.6) is 0 Å². The molecule has 3 heteroatoms. The van der Waals surface area contributed by atoms with Crippen LogP contribution in [0.3, 0.4) is 0 Å². The number of carbonyl (C=O) groups excluding carboxylic acids is 1. The maximum absolute atomic E-state index is 12.7. The molecule has 0 fully saturated rings. The number of nitrogens with zero attached hydrogens (tertiary/aromatic N) is 1. The fourth-order valence-electron chi connectivity index (χ4n) is 5.33. The minimum Gasteiger partial charge on any atom is -0.458 e. The quantitative estimate of drug-likeness (QED) is 0.0817. The van der Waals surface area contributed by atoms with E-state index in [-0.39, 0.29) is 18.0 Å². The molecule has 0 bridgehead atoms. The molecule has 0 heterocycles. The summed E-state index contributed by atoms with van der Waals surface area (Å²) < 4.78 is 5.91. The van der Waals surface area contributed by atoms with Gasteiger partial charge in [0.15, 0.2) is 5.69 Å². The Hall–Kier alpha value is -2.34. The zero-order valence-electron chi connectivity index (χ0n) is 24.2. The zero-order valence-corrected chi connectivity index (χ0v) is 24.2. The van der Waals surface area contributed by atoms with Crippen molar-refractivity contribution in [2.45, 2.75) is 141 Å². The van der Waals surface area contributed by atoms with Gasteiger partial charge in [0.25, 0.3) is 0 Å². The van der Waals surface area contributed by atoms with Crippen molar-refractivity contribution in [3.8, 4) is 0 Å². The summed E-state index contributed by atoms with van der Waals surface area (Å²) in [6.07, 6.45) is 35.2. The van der Waals surface area contributed by atoms with E-state index in [1.54, 1.807) is 24.3 Å². The molecule has 1 aliphatic rings. The second kappa shape index (κ2) is 21.6. The molecule has 0 saturated carbocycles. The summed E-state index contributed by atoms with van der Waals surface area (Å²) in [5.41, 5.74) is 1.05. The highest BCUT2D eigenvalue weighted by molar-refractivity contribution is 5.90. The maximum atomic E-state index is 12.7. The van der Waals surface area contributed by atoms with Gasteiger partial charge in [0, 0.05) is 5.92 Å². The first-order chi connectivity index (χ1) is 18.7. The van der Waals surface area contributed by atoms with Gasteiger partial charge in [0.2, 0.25) is 0 Å². The second-order valence-electron chi connectivity index (χ2n) is 11.1. The summed E-state index contributed by atoms with van der Waals surface area (Å²) >= 11 is 0. The van der Waals surface area contributed by atoms with Crippen molar-refractivity contribution in [2.75, 3.05) is 0 Å². The molecule has 0 N–H and O–H groups in total. The number of hydrogen-bond donors (Lipinski definition) is 0. The van der Waals surface area contributed by atoms with E-state index in [1.807, 2.05) is 12.2 Å². The number of carbonyl (C=O) groups is 1. The van der Waals surface area contributed by atoms with Crippen LogP contribution in [0.15, 0.2) is 48.6 Å². The average Bonchev–Trinajstić information content (AvgIpc) is 3.48. The molecular formula is C35H53NO2. The zero-order chi connectivity index (χ0) is 27.1. The molecule has 0 unspecified atom stereocenters. The van der Waals surface area contributed by atoms with Crippen molar-refractivity contribution in [1.82, 2.24) is 0 Å². The molecule has 0 amide bonds. The highest BCUT2D eigenvalue weighted by Gasteiger charge is 2.23. The summed E-state index contributed by atoms with van der Waals surface area (Å²) in [5, 5.41) is 0. The fourth-order valence-corrected chi connectivity index (χ4v) is 5.33. The maximum Gasteiger partial charge on any atom is 0.338 e. The molecule has 1 aromatic rings. The van der Waals surface area contributed by atoms with E-state index in [1.165, 1.54) is 116 Å². The number of rotatable bonds is 23. The lowest BCUT2D eigenvalue weighted by Gasteiger charge is -2.22. The largest absolute Gasteiger partial charge is 0.458 e. The van der Waals surface area contributed by atoms with Crippen LogP contribution in [-0.2, 0) is 4.74 Å². The van der Waals surface area contributed by atoms with E-state index < -0.39 is 0 Å². The Morgan fingerprint density at radius 2 is 1.13 bits per heavy atom. The van der Waals surface area contributed by atoms with Crippen molar-refractivity contribution in [1.29, 1.82) is 0 Å². The average molecular weight is 520 g/mol. The van der Waals surface area contributed by atoms with Crippen molar-refractivity contribution < 1.29 is 9.53 Å². The third kappa shape index (κ3) is 14.6. The van der Waals surface area contributed by atoms with Gasteiger partial charge < -0.3 is 4.74 Å². The lowest BCUT2D eigenvalue weighted by Crippen LogP contribution is -2.24. The molecule has 0 aliphatic heterocycles. The van der Waals surface area contributed by atoms with Crippen LogP contribution in [0, 0.1) is 12.5 Å². The highest BCUT2D eigenvalue weighted by atomic mass is 16.5. The number of unbranched alkanes of at least 4 members (excludes halogenated alkanes) is 18. The number of ether oxygens (including phenoxy) is 1. The van der Waals surface area contributed by atoms with Gasteiger partial charge in [-0.25, -0.2) is 9.64 Å². The molecule has 3 nitrogen and oxygen atoms in total. The van der Waals surface area contributed by atoms with E-state index >= 15 is 0 Å². The highest BCUT2D eigenvalue weighted by Crippen LogP contribution is 2.24. The van der Waals surface area contributed by atoms with Gasteiger partial charge in [-0.2, -0.15) is 0 Å². The Morgan fingerprint density at radius 1 is 0.711 bits per heavy atom. The normalized spacial score (nSPS) is 13.6. The topological polar surface area (TPSA) is 30.7 Å². The van der Waals surface area contributed by atoms with Gasteiger partial charge >= 0.3 is 5.97 Å². The molecule has 38 heavy (non-hydrogen) atoms. The second-order valence-corrected chi connectivity index (χ2v) is 11.1. The van der Waals surface area contributed by atoms with Crippen molar-refractivity contribution >= 4 is 11.7 Å². The minimum atomic E-state index is -0.293. The van der Waals surface area contributed by atoms with Crippen LogP contribution < -0.4 is 0 Å². The van der Waals surface area contributed by atoms with Gasteiger partial charge in [-0.1, -0.05) is 171 Å². The van der Waals surface area contributed by atoms with Crippen molar-refractivity contribution in [3.05, 3.63) is 65.6 Å². The summed E-state index contributed by atoms with van der Waals surface area (Å²) in [7, 11) is 0. The van der Waals surface area contributed by atoms with Crippen LogP contribution in [0.2, 0.25) is 0 Å². The van der Waals surface area contributed by atoms with Crippen LogP contribution in [0.4, 0.5) is 5.69 Å². The first-order valence-electron chi connectivity index (χ1n) is 15.8. The third-order valence-electron chi connectivity index (χ3n) is 7.79. The predicted molar refractivity (Wildman–Crippen MR) is 162 cm³/mol. The Balaban J connectivity index is 1.45. The summed E-state index contributed by atoms with van der Waals surface area (Å²) in [5.74, 6) is -0.130. The lowest BCUT2D eigenvalue weighted by atomic mass is 9.97. The summed E-state index contributed by atoms with van der Waals surface area (Å²) in [6, 6.07) is 6.72. The molecule has 210 valence electrons. The number of hydrogen-bond acceptors (Lipinski definition) is 2. The fraction of sp³-hybridized carbons (Fsp3) is 0.657. The van der Waals surface area contributed by atoms with Gasteiger partial charge in [-0.15, -0.1) is 0 Å². The number of esters is 1. The molecule has 0 saturated heterocycles. The molecule has 1 aliphatic carbocycles. The number of benzene rings is 1. The Bertz CT molecular complexity index is 820. The van der Waals surface area contributed by atoms with Gasteiger partial charge in [0.05, 0.1) is 12.1 Å². The first kappa shape index (κ1) is 31.9. The summed E-state index contributed by atoms with van der Waals surface area (Å²) in [6.45, 7) is 9.35. The molecule has 1 atom stereocenters. The molecule has 1 aromatic carbocycles. The van der Waals surface area contributed by atoms with E-state index in [9.17, 15) is 4.79 Å². The lowest BCUT2D eigenvalue weighted by molar-refractivity contribution is 0.0215. The van der Waals surface area contributed by atoms with E-state index in [4.69, 9.17) is 11.3 Å². The van der Waals surface area contributed by atoms with Crippen LogP contribution in [0.25, 0.3) is 4.85 Å². The van der Waals surface area contributed by atoms with Gasteiger partial charge in [-0.05, 0) is 12.8 Å². The van der Waals surface area contributed by atoms with Gasteiger partial charge in [0.1, 0.15) is 6.10 Å². The molecule has 0 aromatic heterocycles.